The van der Waals surface area contributed by atoms with Gasteiger partial charge in [0.25, 0.3) is 5.91 Å². The van der Waals surface area contributed by atoms with Gasteiger partial charge in [0.05, 0.1) is 12.2 Å². The second-order valence-corrected chi connectivity index (χ2v) is 4.72. The maximum absolute atomic E-state index is 12.0. The number of hydrogen-bond acceptors (Lipinski definition) is 4. The van der Waals surface area contributed by atoms with Crippen LogP contribution in [0.4, 0.5) is 5.69 Å². The Kier molecular flexibility index (Phi) is 5.27. The lowest BCUT2D eigenvalue weighted by Crippen LogP contribution is -2.31. The second-order valence-electron chi connectivity index (χ2n) is 4.72. The van der Waals surface area contributed by atoms with Gasteiger partial charge in [-0.3, -0.25) is 4.79 Å². The molecule has 5 heteroatoms. The smallest absolute Gasteiger partial charge is 0.338 e. The number of aliphatic hydroxyl groups is 1. The molecule has 2 aromatic carbocycles. The Labute approximate surface area is 128 Å². The van der Waals surface area contributed by atoms with E-state index in [4.69, 9.17) is 9.84 Å². The van der Waals surface area contributed by atoms with E-state index in [0.717, 1.165) is 5.69 Å². The molecular formula is C17H17NO4. The van der Waals surface area contributed by atoms with Crippen molar-refractivity contribution in [3.8, 4) is 0 Å². The first kappa shape index (κ1) is 15.7. The Hall–Kier alpha value is -2.66. The van der Waals surface area contributed by atoms with E-state index in [9.17, 15) is 9.59 Å². The minimum Gasteiger partial charge on any atom is -0.452 e. The number of rotatable bonds is 5. The normalized spacial score (nSPS) is 10.1. The van der Waals surface area contributed by atoms with Crippen LogP contribution in [-0.4, -0.2) is 30.6 Å². The summed E-state index contributed by atoms with van der Waals surface area (Å²) in [6.45, 7) is -0.415. The molecule has 0 aliphatic carbocycles. The van der Waals surface area contributed by atoms with Crippen LogP contribution in [0.1, 0.15) is 15.9 Å². The predicted molar refractivity (Wildman–Crippen MR) is 82.5 cm³/mol. The van der Waals surface area contributed by atoms with Crippen LogP contribution in [0.3, 0.4) is 0 Å². The van der Waals surface area contributed by atoms with Gasteiger partial charge in [-0.2, -0.15) is 0 Å². The van der Waals surface area contributed by atoms with Crippen molar-refractivity contribution in [2.45, 2.75) is 6.61 Å². The molecule has 1 amide bonds. The van der Waals surface area contributed by atoms with Gasteiger partial charge in [0.15, 0.2) is 6.61 Å². The number of likely N-dealkylation sites (N-methyl/N-ethyl adjacent to an activating group) is 1. The molecule has 0 radical (unpaired) electrons. The van der Waals surface area contributed by atoms with E-state index in [1.54, 1.807) is 43.4 Å². The summed E-state index contributed by atoms with van der Waals surface area (Å²) in [6.07, 6.45) is 0. The number of para-hydroxylation sites is 1. The lowest BCUT2D eigenvalue weighted by molar-refractivity contribution is -0.121. The highest BCUT2D eigenvalue weighted by atomic mass is 16.5. The van der Waals surface area contributed by atoms with Crippen LogP contribution in [0, 0.1) is 0 Å². The Morgan fingerprint density at radius 2 is 1.68 bits per heavy atom. The zero-order valence-corrected chi connectivity index (χ0v) is 12.2. The van der Waals surface area contributed by atoms with Crippen molar-refractivity contribution >= 4 is 17.6 Å². The van der Waals surface area contributed by atoms with Crippen molar-refractivity contribution in [3.63, 3.8) is 0 Å². The molecule has 1 N–H and O–H groups in total. The summed E-state index contributed by atoms with van der Waals surface area (Å²) in [7, 11) is 1.63. The Bertz CT molecular complexity index is 637. The van der Waals surface area contributed by atoms with Crippen molar-refractivity contribution in [1.82, 2.24) is 0 Å². The summed E-state index contributed by atoms with van der Waals surface area (Å²) in [4.78, 5) is 25.3. The summed E-state index contributed by atoms with van der Waals surface area (Å²) in [6, 6.07) is 15.5. The van der Waals surface area contributed by atoms with Gasteiger partial charge in [0.2, 0.25) is 0 Å². The summed E-state index contributed by atoms with van der Waals surface area (Å²) in [5.41, 5.74) is 1.78. The highest BCUT2D eigenvalue weighted by molar-refractivity contribution is 5.96. The summed E-state index contributed by atoms with van der Waals surface area (Å²) in [5, 5.41) is 8.95. The molecule has 0 heterocycles. The van der Waals surface area contributed by atoms with Gasteiger partial charge in [0, 0.05) is 12.7 Å². The Morgan fingerprint density at radius 1 is 1.05 bits per heavy atom. The highest BCUT2D eigenvalue weighted by Crippen LogP contribution is 2.11. The van der Waals surface area contributed by atoms with Crippen molar-refractivity contribution in [2.75, 3.05) is 18.6 Å². The number of esters is 1. The average Bonchev–Trinajstić information content (AvgIpc) is 2.59. The second kappa shape index (κ2) is 7.38. The van der Waals surface area contributed by atoms with Gasteiger partial charge in [-0.1, -0.05) is 30.3 Å². The molecule has 114 valence electrons. The van der Waals surface area contributed by atoms with Crippen molar-refractivity contribution in [1.29, 1.82) is 0 Å². The third-order valence-corrected chi connectivity index (χ3v) is 3.22. The molecule has 0 spiro atoms. The maximum Gasteiger partial charge on any atom is 0.338 e. The first-order valence-corrected chi connectivity index (χ1v) is 6.80. The number of aliphatic hydroxyl groups excluding tert-OH is 1. The zero-order valence-electron chi connectivity index (χ0n) is 12.2. The molecule has 0 saturated carbocycles. The number of anilines is 1. The minimum absolute atomic E-state index is 0.0876. The van der Waals surface area contributed by atoms with Gasteiger partial charge in [-0.05, 0) is 29.8 Å². The van der Waals surface area contributed by atoms with Crippen LogP contribution in [-0.2, 0) is 16.1 Å². The quantitative estimate of drug-likeness (QED) is 0.858. The standard InChI is InChI=1S/C17H17NO4/c1-18(15-5-3-2-4-6-15)16(20)12-22-17(21)14-9-7-13(11-19)8-10-14/h2-10,19H,11-12H2,1H3. The number of carbonyl (C=O) groups excluding carboxylic acids is 2. The van der Waals surface area contributed by atoms with E-state index in [1.807, 2.05) is 18.2 Å². The topological polar surface area (TPSA) is 66.8 Å². The van der Waals surface area contributed by atoms with E-state index >= 15 is 0 Å². The molecule has 0 aliphatic rings. The van der Waals surface area contributed by atoms with E-state index in [1.165, 1.54) is 4.90 Å². The molecule has 0 aromatic heterocycles. The van der Waals surface area contributed by atoms with Crippen LogP contribution in [0.2, 0.25) is 0 Å². The lowest BCUT2D eigenvalue weighted by atomic mass is 10.1. The van der Waals surface area contributed by atoms with Crippen molar-refractivity contribution < 1.29 is 19.4 Å². The third-order valence-electron chi connectivity index (χ3n) is 3.22. The van der Waals surface area contributed by atoms with E-state index in [0.29, 0.717) is 11.1 Å². The lowest BCUT2D eigenvalue weighted by Gasteiger charge is -2.17. The SMILES string of the molecule is CN(C(=O)COC(=O)c1ccc(CO)cc1)c1ccccc1. The Balaban J connectivity index is 1.91. The summed E-state index contributed by atoms with van der Waals surface area (Å²) in [5.74, 6) is -0.883. The molecule has 2 aromatic rings. The largest absolute Gasteiger partial charge is 0.452 e. The molecule has 0 saturated heterocycles. The van der Waals surface area contributed by atoms with Crippen molar-refractivity contribution in [2.24, 2.45) is 0 Å². The maximum atomic E-state index is 12.0. The highest BCUT2D eigenvalue weighted by Gasteiger charge is 2.14. The summed E-state index contributed by atoms with van der Waals surface area (Å²) < 4.78 is 5.01. The number of amides is 1. The average molecular weight is 299 g/mol. The van der Waals surface area contributed by atoms with Crippen LogP contribution < -0.4 is 4.90 Å². The number of hydrogen-bond donors (Lipinski definition) is 1. The van der Waals surface area contributed by atoms with Crippen LogP contribution >= 0.6 is 0 Å². The molecule has 2 rings (SSSR count). The van der Waals surface area contributed by atoms with Gasteiger partial charge in [-0.25, -0.2) is 4.79 Å². The number of ether oxygens (including phenoxy) is 1. The molecular weight excluding hydrogens is 282 g/mol. The van der Waals surface area contributed by atoms with Crippen LogP contribution in [0.15, 0.2) is 54.6 Å². The van der Waals surface area contributed by atoms with E-state index in [-0.39, 0.29) is 19.1 Å². The molecule has 0 unspecified atom stereocenters. The Morgan fingerprint density at radius 3 is 2.27 bits per heavy atom. The van der Waals surface area contributed by atoms with Crippen LogP contribution in [0.5, 0.6) is 0 Å². The fraction of sp³-hybridized carbons (Fsp3) is 0.176. The van der Waals surface area contributed by atoms with Crippen molar-refractivity contribution in [3.05, 3.63) is 65.7 Å². The number of carbonyl (C=O) groups is 2. The zero-order chi connectivity index (χ0) is 15.9. The number of nitrogens with zero attached hydrogens (tertiary/aromatic N) is 1. The molecule has 0 aliphatic heterocycles. The van der Waals surface area contributed by atoms with Gasteiger partial charge in [-0.15, -0.1) is 0 Å². The minimum atomic E-state index is -0.570. The molecule has 0 atom stereocenters. The molecule has 0 fully saturated rings. The number of benzene rings is 2. The van der Waals surface area contributed by atoms with E-state index in [2.05, 4.69) is 0 Å². The first-order valence-electron chi connectivity index (χ1n) is 6.80. The third kappa shape index (κ3) is 3.93. The van der Waals surface area contributed by atoms with Gasteiger partial charge in [0.1, 0.15) is 0 Å². The molecule has 5 nitrogen and oxygen atoms in total. The van der Waals surface area contributed by atoms with Gasteiger partial charge >= 0.3 is 5.97 Å². The molecule has 22 heavy (non-hydrogen) atoms. The van der Waals surface area contributed by atoms with E-state index < -0.39 is 5.97 Å². The molecule has 0 bridgehead atoms. The predicted octanol–water partition coefficient (Wildman–Crippen LogP) is 2.00. The monoisotopic (exact) mass is 299 g/mol. The summed E-state index contributed by atoms with van der Waals surface area (Å²) >= 11 is 0. The first-order chi connectivity index (χ1) is 10.6. The van der Waals surface area contributed by atoms with Crippen LogP contribution in [0.25, 0.3) is 0 Å². The fourth-order valence-corrected chi connectivity index (χ4v) is 1.85. The van der Waals surface area contributed by atoms with Gasteiger partial charge < -0.3 is 14.7 Å². The fourth-order valence-electron chi connectivity index (χ4n) is 1.85.